The fourth-order valence-electron chi connectivity index (χ4n) is 1.83. The first-order chi connectivity index (χ1) is 10.0. The molecule has 9 heteroatoms. The number of aryl methyl sites for hydroxylation is 2. The summed E-state index contributed by atoms with van der Waals surface area (Å²) in [5, 5.41) is 22.4. The van der Waals surface area contributed by atoms with Gasteiger partial charge in [0.1, 0.15) is 11.3 Å². The maximum Gasteiger partial charge on any atom is 0.358 e. The number of carbonyl (C=O) groups excluding carboxylic acids is 1. The summed E-state index contributed by atoms with van der Waals surface area (Å²) in [4.78, 5) is 22.7. The number of carboxylic acid groups (broad SMARTS) is 1. The third-order valence-electron chi connectivity index (χ3n) is 2.88. The molecule has 0 saturated carbocycles. The molecule has 9 nitrogen and oxygen atoms in total. The number of aromatic nitrogens is 4. The molecule has 2 rings (SSSR count). The summed E-state index contributed by atoms with van der Waals surface area (Å²) in [6.07, 6.45) is 1.90. The fourth-order valence-corrected chi connectivity index (χ4v) is 1.83. The van der Waals surface area contributed by atoms with Crippen molar-refractivity contribution in [3.63, 3.8) is 0 Å². The first-order valence-corrected chi connectivity index (χ1v) is 6.39. The van der Waals surface area contributed by atoms with E-state index in [1.807, 2.05) is 6.92 Å². The van der Waals surface area contributed by atoms with Crippen molar-refractivity contribution < 1.29 is 19.2 Å². The first-order valence-electron chi connectivity index (χ1n) is 6.39. The molecular formula is C12H15N5O4. The normalized spacial score (nSPS) is 10.6. The summed E-state index contributed by atoms with van der Waals surface area (Å²) < 4.78 is 6.35. The zero-order valence-corrected chi connectivity index (χ0v) is 11.7. The lowest BCUT2D eigenvalue weighted by atomic mass is 10.1. The Kier molecular flexibility index (Phi) is 4.31. The Morgan fingerprint density at radius 1 is 1.48 bits per heavy atom. The van der Waals surface area contributed by atoms with Gasteiger partial charge in [-0.05, 0) is 13.3 Å². The van der Waals surface area contributed by atoms with E-state index in [2.05, 4.69) is 20.8 Å². The van der Waals surface area contributed by atoms with Crippen LogP contribution in [0.15, 0.2) is 10.7 Å². The third kappa shape index (κ3) is 3.25. The maximum absolute atomic E-state index is 12.1. The Morgan fingerprint density at radius 2 is 2.24 bits per heavy atom. The standard InChI is InChI=1S/C12H15N5O4/c1-3-8-10(7(2)21-15-8)11(18)13-4-5-17-6-9(12(19)20)14-16-17/h6H,3-5H2,1-2H3,(H,13,18)(H,19,20). The largest absolute Gasteiger partial charge is 0.476 e. The van der Waals surface area contributed by atoms with Crippen molar-refractivity contribution in [3.8, 4) is 0 Å². The van der Waals surface area contributed by atoms with E-state index in [1.54, 1.807) is 6.92 Å². The van der Waals surface area contributed by atoms with Crippen molar-refractivity contribution in [2.45, 2.75) is 26.8 Å². The van der Waals surface area contributed by atoms with Crippen LogP contribution in [0.2, 0.25) is 0 Å². The van der Waals surface area contributed by atoms with E-state index in [-0.39, 0.29) is 18.1 Å². The van der Waals surface area contributed by atoms with Crippen molar-refractivity contribution in [3.05, 3.63) is 28.9 Å². The van der Waals surface area contributed by atoms with Gasteiger partial charge in [0.2, 0.25) is 0 Å². The number of carboxylic acids is 1. The highest BCUT2D eigenvalue weighted by atomic mass is 16.5. The topological polar surface area (TPSA) is 123 Å². The molecule has 2 N–H and O–H groups in total. The van der Waals surface area contributed by atoms with Crippen LogP contribution >= 0.6 is 0 Å². The SMILES string of the molecule is CCc1noc(C)c1C(=O)NCCn1cc(C(=O)O)nn1. The van der Waals surface area contributed by atoms with E-state index in [0.29, 0.717) is 30.0 Å². The number of rotatable bonds is 6. The molecule has 2 heterocycles. The number of nitrogens with zero attached hydrogens (tertiary/aromatic N) is 4. The molecule has 21 heavy (non-hydrogen) atoms. The number of nitrogens with one attached hydrogen (secondary N) is 1. The molecule has 0 fully saturated rings. The van der Waals surface area contributed by atoms with Gasteiger partial charge in [-0.15, -0.1) is 5.10 Å². The molecule has 0 aromatic carbocycles. The molecule has 2 aromatic heterocycles. The molecule has 1 amide bonds. The van der Waals surface area contributed by atoms with Gasteiger partial charge in [0, 0.05) is 6.54 Å². The Bertz CT molecular complexity index is 660. The Hall–Kier alpha value is -2.71. The number of carbonyl (C=O) groups is 2. The van der Waals surface area contributed by atoms with Gasteiger partial charge in [-0.2, -0.15) is 0 Å². The first kappa shape index (κ1) is 14.7. The highest BCUT2D eigenvalue weighted by molar-refractivity contribution is 5.96. The second-order valence-electron chi connectivity index (χ2n) is 4.34. The summed E-state index contributed by atoms with van der Waals surface area (Å²) in [6, 6.07) is 0. The second-order valence-corrected chi connectivity index (χ2v) is 4.34. The predicted octanol–water partition coefficient (Wildman–Crippen LogP) is 0.265. The lowest BCUT2D eigenvalue weighted by Gasteiger charge is -2.04. The van der Waals surface area contributed by atoms with Crippen LogP contribution in [0.4, 0.5) is 0 Å². The van der Waals surface area contributed by atoms with Gasteiger partial charge >= 0.3 is 5.97 Å². The smallest absolute Gasteiger partial charge is 0.358 e. The van der Waals surface area contributed by atoms with Gasteiger partial charge in [-0.25, -0.2) is 9.48 Å². The summed E-state index contributed by atoms with van der Waals surface area (Å²) in [5.74, 6) is -0.944. The lowest BCUT2D eigenvalue weighted by Crippen LogP contribution is -2.28. The van der Waals surface area contributed by atoms with Gasteiger partial charge in [-0.3, -0.25) is 4.79 Å². The van der Waals surface area contributed by atoms with Gasteiger partial charge in [-0.1, -0.05) is 17.3 Å². The van der Waals surface area contributed by atoms with E-state index in [0.717, 1.165) is 0 Å². The minimum atomic E-state index is -1.14. The van der Waals surface area contributed by atoms with Gasteiger partial charge in [0.25, 0.3) is 5.91 Å². The van der Waals surface area contributed by atoms with E-state index in [9.17, 15) is 9.59 Å². The molecule has 0 aliphatic rings. The van der Waals surface area contributed by atoms with Crippen molar-refractivity contribution in [2.75, 3.05) is 6.54 Å². The number of hydrogen-bond acceptors (Lipinski definition) is 6. The Labute approximate surface area is 119 Å². The van der Waals surface area contributed by atoms with Gasteiger partial charge < -0.3 is 14.9 Å². The molecule has 0 aliphatic heterocycles. The van der Waals surface area contributed by atoms with Crippen LogP contribution in [0.1, 0.15) is 39.2 Å². The predicted molar refractivity (Wildman–Crippen MR) is 69.9 cm³/mol. The number of amides is 1. The highest BCUT2D eigenvalue weighted by Gasteiger charge is 2.18. The average molecular weight is 293 g/mol. The van der Waals surface area contributed by atoms with Crippen LogP contribution in [-0.2, 0) is 13.0 Å². The molecule has 0 saturated heterocycles. The van der Waals surface area contributed by atoms with E-state index >= 15 is 0 Å². The monoisotopic (exact) mass is 293 g/mol. The molecule has 0 aliphatic carbocycles. The van der Waals surface area contributed by atoms with Crippen LogP contribution in [0.25, 0.3) is 0 Å². The summed E-state index contributed by atoms with van der Waals surface area (Å²) >= 11 is 0. The van der Waals surface area contributed by atoms with Crippen molar-refractivity contribution >= 4 is 11.9 Å². The molecule has 0 bridgehead atoms. The van der Waals surface area contributed by atoms with Crippen LogP contribution in [0, 0.1) is 6.92 Å². The average Bonchev–Trinajstić information content (AvgIpc) is 3.05. The van der Waals surface area contributed by atoms with E-state index < -0.39 is 5.97 Å². The third-order valence-corrected chi connectivity index (χ3v) is 2.88. The van der Waals surface area contributed by atoms with E-state index in [4.69, 9.17) is 9.63 Å². The van der Waals surface area contributed by atoms with Crippen LogP contribution in [0.5, 0.6) is 0 Å². The molecule has 0 unspecified atom stereocenters. The number of hydrogen-bond donors (Lipinski definition) is 2. The quantitative estimate of drug-likeness (QED) is 0.783. The minimum Gasteiger partial charge on any atom is -0.476 e. The Balaban J connectivity index is 1.92. The van der Waals surface area contributed by atoms with Crippen molar-refractivity contribution in [1.29, 1.82) is 0 Å². The lowest BCUT2D eigenvalue weighted by molar-refractivity contribution is 0.0690. The molecule has 112 valence electrons. The zero-order valence-electron chi connectivity index (χ0n) is 11.7. The Morgan fingerprint density at radius 3 is 2.86 bits per heavy atom. The summed E-state index contributed by atoms with van der Waals surface area (Å²) in [6.45, 7) is 4.17. The summed E-state index contributed by atoms with van der Waals surface area (Å²) in [5.41, 5.74) is 0.922. The number of aromatic carboxylic acids is 1. The zero-order chi connectivity index (χ0) is 15.4. The second kappa shape index (κ2) is 6.16. The molecule has 0 atom stereocenters. The molecule has 0 radical (unpaired) electrons. The van der Waals surface area contributed by atoms with Crippen LogP contribution in [-0.4, -0.2) is 43.7 Å². The van der Waals surface area contributed by atoms with Crippen molar-refractivity contribution in [2.24, 2.45) is 0 Å². The van der Waals surface area contributed by atoms with Gasteiger partial charge in [0.15, 0.2) is 5.69 Å². The fraction of sp³-hybridized carbons (Fsp3) is 0.417. The van der Waals surface area contributed by atoms with Gasteiger partial charge in [0.05, 0.1) is 18.4 Å². The molecule has 0 spiro atoms. The van der Waals surface area contributed by atoms with Crippen molar-refractivity contribution in [1.82, 2.24) is 25.5 Å². The highest BCUT2D eigenvalue weighted by Crippen LogP contribution is 2.13. The maximum atomic E-state index is 12.1. The minimum absolute atomic E-state index is 0.135. The van der Waals surface area contributed by atoms with Crippen LogP contribution < -0.4 is 5.32 Å². The molecule has 2 aromatic rings. The summed E-state index contributed by atoms with van der Waals surface area (Å²) in [7, 11) is 0. The van der Waals surface area contributed by atoms with Crippen LogP contribution in [0.3, 0.4) is 0 Å². The van der Waals surface area contributed by atoms with E-state index in [1.165, 1.54) is 10.9 Å². The molecular weight excluding hydrogens is 278 g/mol.